The number of hydrogen-bond donors (Lipinski definition) is 1. The Morgan fingerprint density at radius 1 is 1.12 bits per heavy atom. The number of aliphatic hydroxyl groups is 1. The maximum atomic E-state index is 12.7. The second-order valence-corrected chi connectivity index (χ2v) is 6.49. The Morgan fingerprint density at radius 2 is 1.77 bits per heavy atom. The number of carbonyl (C=O) groups is 2. The van der Waals surface area contributed by atoms with Crippen molar-refractivity contribution >= 4 is 17.4 Å². The Balaban J connectivity index is 2.14. The van der Waals surface area contributed by atoms with Crippen molar-refractivity contribution < 1.29 is 14.7 Å². The zero-order valence-electron chi connectivity index (χ0n) is 15.0. The highest BCUT2D eigenvalue weighted by molar-refractivity contribution is 6.46. The molecule has 0 bridgehead atoms. The molecule has 2 heterocycles. The van der Waals surface area contributed by atoms with E-state index in [4.69, 9.17) is 0 Å². The number of unbranched alkanes of at least 4 members (excludes halogenated alkanes) is 1. The number of Topliss-reactive ketones (excluding diaryl/α,β-unsaturated/α-hetero) is 1. The lowest BCUT2D eigenvalue weighted by Gasteiger charge is -2.25. The molecule has 0 aliphatic carbocycles. The zero-order valence-corrected chi connectivity index (χ0v) is 15.0. The molecule has 0 saturated carbocycles. The number of likely N-dealkylation sites (tertiary alicyclic amines) is 1. The fourth-order valence-electron chi connectivity index (χ4n) is 3.20. The predicted molar refractivity (Wildman–Crippen MR) is 99.3 cm³/mol. The zero-order chi connectivity index (χ0) is 18.7. The Bertz CT molecular complexity index is 841. The van der Waals surface area contributed by atoms with Crippen LogP contribution in [0, 0.1) is 6.92 Å². The Hall–Kier alpha value is -2.95. The van der Waals surface area contributed by atoms with E-state index >= 15 is 0 Å². The number of pyridine rings is 1. The summed E-state index contributed by atoms with van der Waals surface area (Å²) in [5, 5.41) is 10.8. The molecular formula is C21H22N2O3. The number of nitrogens with zero attached hydrogens (tertiary/aromatic N) is 2. The van der Waals surface area contributed by atoms with Gasteiger partial charge < -0.3 is 10.0 Å². The second kappa shape index (κ2) is 7.52. The smallest absolute Gasteiger partial charge is 0.295 e. The van der Waals surface area contributed by atoms with Gasteiger partial charge in [0.2, 0.25) is 0 Å². The molecule has 0 radical (unpaired) electrons. The Kier molecular flexibility index (Phi) is 5.16. The van der Waals surface area contributed by atoms with Crippen molar-refractivity contribution in [3.8, 4) is 0 Å². The number of amides is 1. The standard InChI is InChI=1S/C21H22N2O3/c1-3-4-13-23-18(15-9-11-22-12-10-15)17(20(25)21(23)26)19(24)16-7-5-14(2)6-8-16/h5-12,18,24H,3-4,13H2,1-2H3/b19-17-. The molecule has 2 aromatic rings. The molecule has 0 spiro atoms. The summed E-state index contributed by atoms with van der Waals surface area (Å²) in [4.78, 5) is 30.9. The van der Waals surface area contributed by atoms with Crippen LogP contribution in [-0.2, 0) is 9.59 Å². The highest BCUT2D eigenvalue weighted by Crippen LogP contribution is 2.39. The van der Waals surface area contributed by atoms with Crippen molar-refractivity contribution in [1.29, 1.82) is 0 Å². The van der Waals surface area contributed by atoms with Gasteiger partial charge >= 0.3 is 0 Å². The van der Waals surface area contributed by atoms with Gasteiger partial charge in [-0.2, -0.15) is 0 Å². The summed E-state index contributed by atoms with van der Waals surface area (Å²) in [6.07, 6.45) is 4.95. The lowest BCUT2D eigenvalue weighted by atomic mass is 9.95. The number of carbonyl (C=O) groups excluding carboxylic acids is 2. The van der Waals surface area contributed by atoms with Gasteiger partial charge in [0.05, 0.1) is 11.6 Å². The lowest BCUT2D eigenvalue weighted by Crippen LogP contribution is -2.30. The maximum absolute atomic E-state index is 12.7. The van der Waals surface area contributed by atoms with Crippen molar-refractivity contribution in [3.05, 3.63) is 71.1 Å². The Morgan fingerprint density at radius 3 is 2.38 bits per heavy atom. The SMILES string of the molecule is CCCCN1C(=O)C(=O)/C(=C(\O)c2ccc(C)cc2)C1c1ccncc1. The molecule has 1 unspecified atom stereocenters. The molecule has 5 nitrogen and oxygen atoms in total. The van der Waals surface area contributed by atoms with Gasteiger partial charge in [-0.3, -0.25) is 14.6 Å². The van der Waals surface area contributed by atoms with E-state index in [0.29, 0.717) is 12.1 Å². The topological polar surface area (TPSA) is 70.5 Å². The summed E-state index contributed by atoms with van der Waals surface area (Å²) < 4.78 is 0. The lowest BCUT2D eigenvalue weighted by molar-refractivity contribution is -0.139. The summed E-state index contributed by atoms with van der Waals surface area (Å²) in [7, 11) is 0. The average Bonchev–Trinajstić information content (AvgIpc) is 2.91. The van der Waals surface area contributed by atoms with Crippen LogP contribution < -0.4 is 0 Å². The summed E-state index contributed by atoms with van der Waals surface area (Å²) in [6, 6.07) is 10.2. The first-order valence-corrected chi connectivity index (χ1v) is 8.80. The number of aryl methyl sites for hydroxylation is 1. The van der Waals surface area contributed by atoms with Crippen molar-refractivity contribution in [3.63, 3.8) is 0 Å². The predicted octanol–water partition coefficient (Wildman–Crippen LogP) is 3.61. The van der Waals surface area contributed by atoms with Gasteiger partial charge in [0.25, 0.3) is 11.7 Å². The normalized spacial score (nSPS) is 19.2. The molecule has 3 rings (SSSR count). The largest absolute Gasteiger partial charge is 0.507 e. The van der Waals surface area contributed by atoms with Crippen LogP contribution in [0.4, 0.5) is 0 Å². The minimum atomic E-state index is -0.638. The molecule has 1 saturated heterocycles. The van der Waals surface area contributed by atoms with Crippen LogP contribution in [0.5, 0.6) is 0 Å². The molecule has 5 heteroatoms. The molecule has 1 amide bonds. The molecule has 1 aliphatic rings. The van der Waals surface area contributed by atoms with Crippen LogP contribution >= 0.6 is 0 Å². The number of rotatable bonds is 5. The van der Waals surface area contributed by atoms with Gasteiger partial charge in [-0.15, -0.1) is 0 Å². The second-order valence-electron chi connectivity index (χ2n) is 6.49. The van der Waals surface area contributed by atoms with Crippen LogP contribution in [0.2, 0.25) is 0 Å². The first-order valence-electron chi connectivity index (χ1n) is 8.80. The van der Waals surface area contributed by atoms with E-state index in [0.717, 1.165) is 24.0 Å². The third-order valence-electron chi connectivity index (χ3n) is 4.64. The number of hydrogen-bond acceptors (Lipinski definition) is 4. The summed E-state index contributed by atoms with van der Waals surface area (Å²) in [5.74, 6) is -1.33. The average molecular weight is 350 g/mol. The third-order valence-corrected chi connectivity index (χ3v) is 4.64. The Labute approximate surface area is 153 Å². The van der Waals surface area contributed by atoms with Gasteiger partial charge in [-0.1, -0.05) is 43.2 Å². The fraction of sp³-hybridized carbons (Fsp3) is 0.286. The highest BCUT2D eigenvalue weighted by atomic mass is 16.3. The molecule has 1 aliphatic heterocycles. The quantitative estimate of drug-likeness (QED) is 0.508. The number of benzene rings is 1. The summed E-state index contributed by atoms with van der Waals surface area (Å²) in [5.41, 5.74) is 2.49. The first-order chi connectivity index (χ1) is 12.5. The third kappa shape index (κ3) is 3.25. The van der Waals surface area contributed by atoms with Crippen molar-refractivity contribution in [2.24, 2.45) is 0 Å². The molecule has 1 atom stereocenters. The molecule has 1 fully saturated rings. The molecule has 1 aromatic carbocycles. The highest BCUT2D eigenvalue weighted by Gasteiger charge is 2.45. The fourth-order valence-corrected chi connectivity index (χ4v) is 3.20. The van der Waals surface area contributed by atoms with Crippen molar-refractivity contribution in [2.45, 2.75) is 32.7 Å². The van der Waals surface area contributed by atoms with Crippen molar-refractivity contribution in [1.82, 2.24) is 9.88 Å². The van der Waals surface area contributed by atoms with E-state index in [2.05, 4.69) is 4.98 Å². The van der Waals surface area contributed by atoms with Crippen LogP contribution in [-0.4, -0.2) is 33.2 Å². The van der Waals surface area contributed by atoms with E-state index in [1.807, 2.05) is 26.0 Å². The van der Waals surface area contributed by atoms with Gasteiger partial charge in [-0.05, 0) is 31.0 Å². The minimum absolute atomic E-state index is 0.135. The van der Waals surface area contributed by atoms with E-state index in [1.165, 1.54) is 0 Å². The van der Waals surface area contributed by atoms with Gasteiger partial charge in [0, 0.05) is 24.5 Å². The maximum Gasteiger partial charge on any atom is 0.295 e. The van der Waals surface area contributed by atoms with Gasteiger partial charge in [-0.25, -0.2) is 0 Å². The summed E-state index contributed by atoms with van der Waals surface area (Å²) >= 11 is 0. The summed E-state index contributed by atoms with van der Waals surface area (Å²) in [6.45, 7) is 4.45. The van der Waals surface area contributed by atoms with E-state index in [-0.39, 0.29) is 11.3 Å². The molecule has 134 valence electrons. The van der Waals surface area contributed by atoms with E-state index < -0.39 is 17.7 Å². The van der Waals surface area contributed by atoms with E-state index in [9.17, 15) is 14.7 Å². The van der Waals surface area contributed by atoms with Crippen LogP contribution in [0.1, 0.15) is 42.5 Å². The molecule has 1 N–H and O–H groups in total. The van der Waals surface area contributed by atoms with Crippen LogP contribution in [0.25, 0.3) is 5.76 Å². The number of aromatic nitrogens is 1. The van der Waals surface area contributed by atoms with Crippen LogP contribution in [0.15, 0.2) is 54.4 Å². The molecule has 1 aromatic heterocycles. The minimum Gasteiger partial charge on any atom is -0.507 e. The van der Waals surface area contributed by atoms with Gasteiger partial charge in [0.15, 0.2) is 0 Å². The van der Waals surface area contributed by atoms with Crippen LogP contribution in [0.3, 0.4) is 0 Å². The van der Waals surface area contributed by atoms with E-state index in [1.54, 1.807) is 41.6 Å². The van der Waals surface area contributed by atoms with Crippen molar-refractivity contribution in [2.75, 3.05) is 6.54 Å². The first kappa shape index (κ1) is 17.9. The number of ketones is 1. The van der Waals surface area contributed by atoms with Gasteiger partial charge in [0.1, 0.15) is 5.76 Å². The monoisotopic (exact) mass is 350 g/mol. The molecule has 26 heavy (non-hydrogen) atoms. The molecular weight excluding hydrogens is 328 g/mol. The number of aliphatic hydroxyl groups excluding tert-OH is 1.